The SMILES string of the molecule is C1=CCC([PH+](c2ccccn2)c2ccccn2)[N-]C1.C1CCC([PH+](C2CCCCN2)C2CCCCN2)[N-]C1.O=C(O)C(F)(F)F.O=C(O)C(F)(F)F.OC(O)C(F)(F)F.OC(O)C(F)(F)F.[Mo].[Mo]. The molecule has 14 nitrogen and oxygen atoms in total. The third-order valence-corrected chi connectivity index (χ3v) is 15.9. The summed E-state index contributed by atoms with van der Waals surface area (Å²) >= 11 is 0. The van der Waals surface area contributed by atoms with Gasteiger partial charge in [-0.25, -0.2) is 19.6 Å². The van der Waals surface area contributed by atoms with Crippen molar-refractivity contribution in [3.8, 4) is 0 Å². The number of carbonyl (C=O) groups is 2. The van der Waals surface area contributed by atoms with E-state index in [4.69, 9.17) is 50.9 Å². The molecule has 0 radical (unpaired) electrons. The molecule has 0 aromatic carbocycles. The van der Waals surface area contributed by atoms with Gasteiger partial charge in [-0.1, -0.05) is 31.1 Å². The first-order valence-electron chi connectivity index (χ1n) is 20.1. The van der Waals surface area contributed by atoms with E-state index in [0.717, 1.165) is 47.7 Å². The molecule has 6 rings (SSSR count). The van der Waals surface area contributed by atoms with Gasteiger partial charge in [0.2, 0.25) is 0 Å². The van der Waals surface area contributed by atoms with Crippen LogP contribution >= 0.6 is 15.8 Å². The number of carboxylic acid groups (broad SMARTS) is 2. The van der Waals surface area contributed by atoms with Crippen molar-refractivity contribution in [1.82, 2.24) is 20.6 Å². The summed E-state index contributed by atoms with van der Waals surface area (Å²) in [7, 11) is -1.48. The van der Waals surface area contributed by atoms with Crippen LogP contribution in [-0.2, 0) is 51.7 Å². The fourth-order valence-electron chi connectivity index (χ4n) is 6.33. The van der Waals surface area contributed by atoms with Gasteiger partial charge in [0.15, 0.2) is 10.9 Å². The zero-order valence-corrected chi connectivity index (χ0v) is 41.8. The van der Waals surface area contributed by atoms with Gasteiger partial charge >= 0.3 is 36.6 Å². The number of aliphatic hydroxyl groups excluding tert-OH is 2. The maximum Gasteiger partial charge on any atom is 0.490 e. The van der Waals surface area contributed by atoms with Gasteiger partial charge in [-0.05, 0) is 82.4 Å². The summed E-state index contributed by atoms with van der Waals surface area (Å²) < 4.78 is 128. The number of nitrogens with zero attached hydrogens (tertiary/aromatic N) is 4. The van der Waals surface area contributed by atoms with E-state index in [1.165, 1.54) is 70.9 Å². The number of hydrogen-bond acceptors (Lipinski definition) is 10. The van der Waals surface area contributed by atoms with E-state index in [1.807, 2.05) is 24.5 Å². The van der Waals surface area contributed by atoms with E-state index < -0.39 is 65.1 Å². The van der Waals surface area contributed by atoms with Crippen LogP contribution in [0, 0.1) is 0 Å². The Morgan fingerprint density at radius 1 is 0.603 bits per heavy atom. The van der Waals surface area contributed by atoms with Crippen molar-refractivity contribution in [2.45, 2.75) is 125 Å². The Balaban J connectivity index is 0. The van der Waals surface area contributed by atoms with Crippen LogP contribution in [0.4, 0.5) is 52.7 Å². The predicted octanol–water partition coefficient (Wildman–Crippen LogP) is 6.57. The Labute approximate surface area is 415 Å². The zero-order valence-electron chi connectivity index (χ0n) is 35.8. The maximum atomic E-state index is 10.7. The second kappa shape index (κ2) is 34.4. The van der Waals surface area contributed by atoms with E-state index in [1.54, 1.807) is 0 Å². The molecule has 2 aromatic rings. The molecule has 4 atom stereocenters. The molecule has 68 heavy (non-hydrogen) atoms. The van der Waals surface area contributed by atoms with Gasteiger partial charge in [-0.2, -0.15) is 52.7 Å². The number of hydrogen-bond donors (Lipinski definition) is 8. The minimum atomic E-state index is -5.08. The normalized spacial score (nSPS) is 21.0. The number of halogens is 12. The number of piperidine rings is 3. The second-order valence-electron chi connectivity index (χ2n) is 14.3. The maximum absolute atomic E-state index is 10.7. The number of aliphatic carboxylic acids is 2. The fraction of sp³-hybridized carbons (Fsp3) is 0.632. The van der Waals surface area contributed by atoms with E-state index in [2.05, 4.69) is 57.0 Å². The molecule has 4 unspecified atom stereocenters. The first-order valence-corrected chi connectivity index (χ1v) is 23.5. The smallest absolute Gasteiger partial charge is 0.490 e. The number of carboxylic acids is 2. The van der Waals surface area contributed by atoms with Crippen LogP contribution in [0.15, 0.2) is 60.9 Å². The summed E-state index contributed by atoms with van der Waals surface area (Å²) in [6, 6.07) is 12.2. The number of aliphatic hydroxyl groups is 4. The van der Waals surface area contributed by atoms with Gasteiger partial charge < -0.3 is 41.3 Å². The quantitative estimate of drug-likeness (QED) is 0.0505. The van der Waals surface area contributed by atoms with Crippen LogP contribution in [0.2, 0.25) is 0 Å². The molecule has 0 amide bonds. The van der Waals surface area contributed by atoms with Crippen LogP contribution in [0.5, 0.6) is 0 Å². The van der Waals surface area contributed by atoms with Crippen LogP contribution in [0.25, 0.3) is 10.6 Å². The van der Waals surface area contributed by atoms with Crippen molar-refractivity contribution >= 4 is 38.7 Å². The molecule has 4 aliphatic rings. The van der Waals surface area contributed by atoms with E-state index in [-0.39, 0.29) is 42.1 Å². The van der Waals surface area contributed by atoms with E-state index >= 15 is 0 Å². The van der Waals surface area contributed by atoms with E-state index in [9.17, 15) is 52.7 Å². The van der Waals surface area contributed by atoms with E-state index in [0.29, 0.717) is 5.78 Å². The first kappa shape index (κ1) is 68.1. The minimum absolute atomic E-state index is 0. The van der Waals surface area contributed by atoms with Crippen LogP contribution < -0.4 is 21.5 Å². The Hall–Kier alpha value is -1.94. The van der Waals surface area contributed by atoms with Crippen LogP contribution in [-0.4, -0.2) is 139 Å². The van der Waals surface area contributed by atoms with Crippen molar-refractivity contribution in [2.75, 3.05) is 26.2 Å². The summed E-state index contributed by atoms with van der Waals surface area (Å²) in [4.78, 5) is 26.9. The number of nitrogens with one attached hydrogen (secondary N) is 2. The molecule has 3 saturated heterocycles. The Kier molecular flexibility index (Phi) is 34.5. The molecule has 0 spiro atoms. The molecule has 6 heterocycles. The third-order valence-electron chi connectivity index (χ3n) is 9.29. The Morgan fingerprint density at radius 2 is 1.00 bits per heavy atom. The number of pyridine rings is 2. The molecular formula is C38H54F12Mo2N6O8P2. The van der Waals surface area contributed by atoms with Gasteiger partial charge in [0.25, 0.3) is 12.6 Å². The predicted molar refractivity (Wildman–Crippen MR) is 223 cm³/mol. The molecular weight excluding hydrogens is 1150 g/mol. The van der Waals surface area contributed by atoms with Crippen LogP contribution in [0.3, 0.4) is 0 Å². The average molecular weight is 1200 g/mol. The molecule has 0 aliphatic carbocycles. The first-order chi connectivity index (χ1) is 30.7. The van der Waals surface area contributed by atoms with Gasteiger partial charge in [-0.15, -0.1) is 19.2 Å². The summed E-state index contributed by atoms with van der Waals surface area (Å²) in [6.07, 6.45) is -4.66. The fourth-order valence-corrected chi connectivity index (χ4v) is 13.0. The molecule has 8 N–H and O–H groups in total. The number of rotatable bonds is 6. The molecule has 30 heteroatoms. The van der Waals surface area contributed by atoms with Gasteiger partial charge in [0.1, 0.15) is 11.6 Å². The summed E-state index contributed by atoms with van der Waals surface area (Å²) in [5, 5.41) is 61.1. The average Bonchev–Trinajstić information content (AvgIpc) is 3.26. The third kappa shape index (κ3) is 28.8. The van der Waals surface area contributed by atoms with Crippen molar-refractivity contribution in [2.24, 2.45) is 0 Å². The molecule has 3 fully saturated rings. The standard InChI is InChI=1S/C15H29N3P.C15H15N3P.2C2H3F3O2.2C2HF3O2.2Mo/c2*1-4-10-16-13(7-1)19(14-8-2-5-11-17-14)15-9-3-6-12-18-15;4*3-2(4,5)1(6)7;;/h13-17H,1-12H2;1-8,10-11,15H,9,12H2;2*1,6-7H;2*(H,6,7);;/q2*-1;;;;;;/p+2. The zero-order chi connectivity index (χ0) is 50.1. The van der Waals surface area contributed by atoms with Gasteiger partial charge in [-0.3, -0.25) is 10.6 Å². The summed E-state index contributed by atoms with van der Waals surface area (Å²) in [5.41, 5.74) is 2.30. The summed E-state index contributed by atoms with van der Waals surface area (Å²) in [6.45, 7) is 4.45. The molecule has 0 saturated carbocycles. The van der Waals surface area contributed by atoms with Crippen LogP contribution in [0.1, 0.15) is 64.2 Å². The molecule has 0 bridgehead atoms. The second-order valence-corrected chi connectivity index (χ2v) is 19.9. The molecule has 2 aromatic heterocycles. The molecule has 390 valence electrons. The topological polar surface area (TPSA) is 234 Å². The van der Waals surface area contributed by atoms with Crippen molar-refractivity contribution in [3.63, 3.8) is 0 Å². The minimum Gasteiger partial charge on any atom is -0.626 e. The Bertz CT molecular complexity index is 1540. The Morgan fingerprint density at radius 3 is 1.26 bits per heavy atom. The van der Waals surface area contributed by atoms with Crippen molar-refractivity contribution in [3.05, 3.63) is 71.6 Å². The summed E-state index contributed by atoms with van der Waals surface area (Å²) in [5.74, 6) is -2.81. The molecule has 4 aliphatic heterocycles. The van der Waals surface area contributed by atoms with Gasteiger partial charge in [0.05, 0.1) is 7.92 Å². The van der Waals surface area contributed by atoms with Gasteiger partial charge in [0, 0.05) is 80.4 Å². The largest absolute Gasteiger partial charge is 0.626 e. The van der Waals surface area contributed by atoms with Crippen molar-refractivity contribution < 1.29 is 135 Å². The number of alkyl halides is 12. The number of aromatic nitrogens is 2. The monoisotopic (exact) mass is 1210 g/mol. The van der Waals surface area contributed by atoms with Crippen molar-refractivity contribution in [1.29, 1.82) is 0 Å².